The molecule has 0 bridgehead atoms. The number of thiophene rings is 1. The molecule has 3 rings (SSSR count). The Morgan fingerprint density at radius 3 is 2.78 bits per heavy atom. The van der Waals surface area contributed by atoms with Gasteiger partial charge in [0.05, 0.1) is 0 Å². The summed E-state index contributed by atoms with van der Waals surface area (Å²) in [5.74, 6) is 0.778. The zero-order valence-electron chi connectivity index (χ0n) is 12.7. The van der Waals surface area contributed by atoms with Crippen LogP contribution >= 0.6 is 11.3 Å². The first kappa shape index (κ1) is 15.8. The zero-order valence-corrected chi connectivity index (χ0v) is 13.5. The molecule has 122 valence electrons. The maximum Gasteiger partial charge on any atom is 0.345 e. The molecule has 0 aliphatic carbocycles. The van der Waals surface area contributed by atoms with Gasteiger partial charge < -0.3 is 19.9 Å². The molecular weight excluding hydrogens is 314 g/mol. The smallest absolute Gasteiger partial charge is 0.345 e. The van der Waals surface area contributed by atoms with Crippen LogP contribution in [0.2, 0.25) is 0 Å². The van der Waals surface area contributed by atoms with Gasteiger partial charge in [-0.2, -0.15) is 0 Å². The number of carboxylic acids is 1. The molecule has 0 atom stereocenters. The number of rotatable bonds is 7. The van der Waals surface area contributed by atoms with Gasteiger partial charge in [-0.15, -0.1) is 11.3 Å². The molecule has 0 radical (unpaired) electrons. The van der Waals surface area contributed by atoms with E-state index >= 15 is 0 Å². The monoisotopic (exact) mass is 333 g/mol. The third-order valence-electron chi connectivity index (χ3n) is 3.58. The second kappa shape index (κ2) is 7.48. The molecule has 0 saturated heterocycles. The molecule has 1 aromatic carbocycles. The lowest BCUT2D eigenvalue weighted by atomic mass is 10.2. The minimum atomic E-state index is -0.849. The van der Waals surface area contributed by atoms with Gasteiger partial charge >= 0.3 is 5.97 Å². The maximum atomic E-state index is 10.8. The van der Waals surface area contributed by atoms with Crippen LogP contribution in [0.25, 0.3) is 0 Å². The third-order valence-corrected chi connectivity index (χ3v) is 4.72. The number of aryl methyl sites for hydroxylation is 1. The lowest BCUT2D eigenvalue weighted by Gasteiger charge is -2.19. The average molecular weight is 333 g/mol. The highest BCUT2D eigenvalue weighted by Gasteiger charge is 2.11. The molecule has 0 unspecified atom stereocenters. The van der Waals surface area contributed by atoms with Gasteiger partial charge in [-0.05, 0) is 49.2 Å². The predicted molar refractivity (Wildman–Crippen MR) is 88.7 cm³/mol. The molecule has 6 heteroatoms. The first-order valence-electron chi connectivity index (χ1n) is 7.63. The Hall–Kier alpha value is -2.05. The molecule has 1 aliphatic heterocycles. The van der Waals surface area contributed by atoms with Crippen molar-refractivity contribution in [1.82, 2.24) is 5.32 Å². The summed E-state index contributed by atoms with van der Waals surface area (Å²) in [4.78, 5) is 12.3. The summed E-state index contributed by atoms with van der Waals surface area (Å²) in [7, 11) is 0. The quantitative estimate of drug-likeness (QED) is 0.763. The molecule has 2 heterocycles. The zero-order chi connectivity index (χ0) is 16.1. The first-order chi connectivity index (χ1) is 11.2. The molecule has 0 saturated carbocycles. The fourth-order valence-electron chi connectivity index (χ4n) is 2.45. The summed E-state index contributed by atoms with van der Waals surface area (Å²) in [6.45, 7) is 2.87. The number of carbonyl (C=O) groups is 1. The van der Waals surface area contributed by atoms with E-state index in [2.05, 4.69) is 5.32 Å². The summed E-state index contributed by atoms with van der Waals surface area (Å²) >= 11 is 1.35. The lowest BCUT2D eigenvalue weighted by molar-refractivity contribution is 0.0702. The normalized spacial score (nSPS) is 13.0. The van der Waals surface area contributed by atoms with Gasteiger partial charge in [-0.25, -0.2) is 4.79 Å². The Kier molecular flexibility index (Phi) is 5.15. The number of ether oxygens (including phenoxy) is 2. The number of hydrogen-bond acceptors (Lipinski definition) is 5. The van der Waals surface area contributed by atoms with E-state index in [-0.39, 0.29) is 0 Å². The van der Waals surface area contributed by atoms with Crippen LogP contribution in [-0.2, 0) is 13.0 Å². The van der Waals surface area contributed by atoms with Gasteiger partial charge in [0.2, 0.25) is 0 Å². The second-order valence-electron chi connectivity index (χ2n) is 5.33. The standard InChI is InChI=1S/C17H19NO4S/c19-17(20)16-6-4-13(23-16)2-1-7-18-11-12-3-5-14-15(10-12)22-9-8-21-14/h3-6,10,18H,1-2,7-9,11H2,(H,19,20). The van der Waals surface area contributed by atoms with Crippen molar-refractivity contribution in [2.45, 2.75) is 19.4 Å². The van der Waals surface area contributed by atoms with Crippen LogP contribution in [0.15, 0.2) is 30.3 Å². The van der Waals surface area contributed by atoms with Gasteiger partial charge in [0.15, 0.2) is 11.5 Å². The maximum absolute atomic E-state index is 10.8. The molecular formula is C17H19NO4S. The Labute approximate surface area is 138 Å². The van der Waals surface area contributed by atoms with Crippen LogP contribution in [0.5, 0.6) is 11.5 Å². The van der Waals surface area contributed by atoms with Crippen molar-refractivity contribution in [3.63, 3.8) is 0 Å². The highest BCUT2D eigenvalue weighted by atomic mass is 32.1. The molecule has 2 N–H and O–H groups in total. The Balaban J connectivity index is 1.40. The van der Waals surface area contributed by atoms with Gasteiger partial charge in [0.1, 0.15) is 18.1 Å². The SMILES string of the molecule is O=C(O)c1ccc(CCCNCc2ccc3c(c2)OCCO3)s1. The number of fused-ring (bicyclic) bond motifs is 1. The van der Waals surface area contributed by atoms with E-state index < -0.39 is 5.97 Å². The first-order valence-corrected chi connectivity index (χ1v) is 8.45. The minimum absolute atomic E-state index is 0.407. The van der Waals surface area contributed by atoms with Crippen LogP contribution in [0.3, 0.4) is 0 Å². The van der Waals surface area contributed by atoms with Gasteiger partial charge in [0.25, 0.3) is 0 Å². The molecule has 2 aromatic rings. The summed E-state index contributed by atoms with van der Waals surface area (Å²) in [5, 5.41) is 12.3. The van der Waals surface area contributed by atoms with E-state index in [0.29, 0.717) is 18.1 Å². The van der Waals surface area contributed by atoms with Crippen molar-refractivity contribution < 1.29 is 19.4 Å². The Morgan fingerprint density at radius 2 is 2.00 bits per heavy atom. The van der Waals surface area contributed by atoms with E-state index in [0.717, 1.165) is 42.3 Å². The second-order valence-corrected chi connectivity index (χ2v) is 6.50. The van der Waals surface area contributed by atoms with Crippen LogP contribution in [0.4, 0.5) is 0 Å². The number of nitrogens with one attached hydrogen (secondary N) is 1. The Morgan fingerprint density at radius 1 is 1.17 bits per heavy atom. The van der Waals surface area contributed by atoms with Crippen molar-refractivity contribution in [1.29, 1.82) is 0 Å². The summed E-state index contributed by atoms with van der Waals surface area (Å²) in [5.41, 5.74) is 1.17. The van der Waals surface area contributed by atoms with E-state index in [9.17, 15) is 4.79 Å². The summed E-state index contributed by atoms with van der Waals surface area (Å²) in [6.07, 6.45) is 1.87. The number of aromatic carboxylic acids is 1. The van der Waals surface area contributed by atoms with Crippen molar-refractivity contribution in [3.8, 4) is 11.5 Å². The average Bonchev–Trinajstić information content (AvgIpc) is 3.03. The highest BCUT2D eigenvalue weighted by Crippen LogP contribution is 2.30. The molecule has 0 amide bonds. The topological polar surface area (TPSA) is 67.8 Å². The van der Waals surface area contributed by atoms with Crippen molar-refractivity contribution in [2.75, 3.05) is 19.8 Å². The van der Waals surface area contributed by atoms with E-state index in [1.54, 1.807) is 6.07 Å². The van der Waals surface area contributed by atoms with Gasteiger partial charge in [-0.3, -0.25) is 0 Å². The van der Waals surface area contributed by atoms with Crippen molar-refractivity contribution in [3.05, 3.63) is 45.6 Å². The molecule has 0 fully saturated rings. The molecule has 0 spiro atoms. The highest BCUT2D eigenvalue weighted by molar-refractivity contribution is 7.13. The lowest BCUT2D eigenvalue weighted by Crippen LogP contribution is -2.17. The minimum Gasteiger partial charge on any atom is -0.486 e. The third kappa shape index (κ3) is 4.24. The Bertz CT molecular complexity index is 683. The number of benzene rings is 1. The van der Waals surface area contributed by atoms with E-state index in [1.165, 1.54) is 16.9 Å². The van der Waals surface area contributed by atoms with E-state index in [1.807, 2.05) is 24.3 Å². The fourth-order valence-corrected chi connectivity index (χ4v) is 3.33. The number of hydrogen-bond donors (Lipinski definition) is 2. The van der Waals surface area contributed by atoms with Crippen LogP contribution in [0, 0.1) is 0 Å². The summed E-state index contributed by atoms with van der Waals surface area (Å²) in [6, 6.07) is 9.57. The van der Waals surface area contributed by atoms with Gasteiger partial charge in [0, 0.05) is 11.4 Å². The van der Waals surface area contributed by atoms with Gasteiger partial charge in [-0.1, -0.05) is 6.07 Å². The summed E-state index contributed by atoms with van der Waals surface area (Å²) < 4.78 is 11.1. The largest absolute Gasteiger partial charge is 0.486 e. The van der Waals surface area contributed by atoms with Crippen LogP contribution in [0.1, 0.15) is 26.5 Å². The van der Waals surface area contributed by atoms with Crippen LogP contribution < -0.4 is 14.8 Å². The number of carboxylic acid groups (broad SMARTS) is 1. The molecule has 1 aliphatic rings. The molecule has 1 aromatic heterocycles. The molecule has 5 nitrogen and oxygen atoms in total. The van der Waals surface area contributed by atoms with E-state index in [4.69, 9.17) is 14.6 Å². The molecule has 23 heavy (non-hydrogen) atoms. The van der Waals surface area contributed by atoms with Crippen molar-refractivity contribution >= 4 is 17.3 Å². The fraction of sp³-hybridized carbons (Fsp3) is 0.353. The van der Waals surface area contributed by atoms with Crippen molar-refractivity contribution in [2.24, 2.45) is 0 Å². The predicted octanol–water partition coefficient (Wildman–Crippen LogP) is 2.94. The van der Waals surface area contributed by atoms with Crippen LogP contribution in [-0.4, -0.2) is 30.8 Å².